The van der Waals surface area contributed by atoms with Crippen molar-refractivity contribution < 1.29 is 4.79 Å². The molecule has 0 radical (unpaired) electrons. The fraction of sp³-hybridized carbons (Fsp3) is 0.615. The van der Waals surface area contributed by atoms with Crippen LogP contribution in [0, 0.1) is 0 Å². The average molecular weight is 280 g/mol. The number of hydrogen-bond donors (Lipinski definition) is 3. The number of amides is 1. The molecule has 1 aliphatic heterocycles. The maximum absolute atomic E-state index is 12.4. The van der Waals surface area contributed by atoms with E-state index in [9.17, 15) is 14.4 Å². The highest BCUT2D eigenvalue weighted by molar-refractivity contribution is 5.93. The summed E-state index contributed by atoms with van der Waals surface area (Å²) in [7, 11) is 0. The number of carbonyl (C=O) groups excluding carboxylic acids is 1. The van der Waals surface area contributed by atoms with Gasteiger partial charge in [-0.25, -0.2) is 4.79 Å². The van der Waals surface area contributed by atoms with Gasteiger partial charge in [-0.2, -0.15) is 0 Å². The second-order valence-electron chi connectivity index (χ2n) is 5.03. The van der Waals surface area contributed by atoms with E-state index in [4.69, 9.17) is 0 Å². The van der Waals surface area contributed by atoms with Gasteiger partial charge in [-0.05, 0) is 25.8 Å². The summed E-state index contributed by atoms with van der Waals surface area (Å²) in [6.45, 7) is 4.14. The number of aromatic amines is 2. The van der Waals surface area contributed by atoms with Crippen LogP contribution in [-0.4, -0.2) is 46.5 Å². The Morgan fingerprint density at radius 1 is 1.45 bits per heavy atom. The van der Waals surface area contributed by atoms with Crippen LogP contribution in [0.15, 0.2) is 15.8 Å². The molecule has 1 aromatic heterocycles. The van der Waals surface area contributed by atoms with Crippen molar-refractivity contribution in [2.45, 2.75) is 32.2 Å². The predicted octanol–water partition coefficient (Wildman–Crippen LogP) is -0.333. The summed E-state index contributed by atoms with van der Waals surface area (Å²) in [5, 5.41) is 3.34. The van der Waals surface area contributed by atoms with Gasteiger partial charge in [-0.3, -0.25) is 14.6 Å². The summed E-state index contributed by atoms with van der Waals surface area (Å²) >= 11 is 0. The fourth-order valence-electron chi connectivity index (χ4n) is 2.46. The number of nitrogens with one attached hydrogen (secondary N) is 3. The normalized spacial score (nSPS) is 18.1. The van der Waals surface area contributed by atoms with Crippen LogP contribution in [0.5, 0.6) is 0 Å². The highest BCUT2D eigenvalue weighted by Crippen LogP contribution is 2.09. The summed E-state index contributed by atoms with van der Waals surface area (Å²) in [5.74, 6) is -0.335. The van der Waals surface area contributed by atoms with Crippen LogP contribution in [0.25, 0.3) is 0 Å². The number of hydrogen-bond acceptors (Lipinski definition) is 4. The summed E-state index contributed by atoms with van der Waals surface area (Å²) in [6.07, 6.45) is 4.15. The average Bonchev–Trinajstić information content (AvgIpc) is 2.90. The van der Waals surface area contributed by atoms with Crippen molar-refractivity contribution in [3.8, 4) is 0 Å². The van der Waals surface area contributed by atoms with E-state index in [0.717, 1.165) is 25.8 Å². The topological polar surface area (TPSA) is 98.1 Å². The molecule has 0 saturated carbocycles. The Balaban J connectivity index is 2.16. The molecule has 1 aliphatic rings. The molecular weight excluding hydrogens is 260 g/mol. The SMILES string of the molecule is CCCN(CC1CCCN1)C(=O)c1c[nH]c(=O)[nH]c1=O. The van der Waals surface area contributed by atoms with Gasteiger partial charge < -0.3 is 15.2 Å². The molecule has 0 bridgehead atoms. The van der Waals surface area contributed by atoms with Crippen LogP contribution in [-0.2, 0) is 0 Å². The minimum absolute atomic E-state index is 0.0175. The Morgan fingerprint density at radius 2 is 2.25 bits per heavy atom. The van der Waals surface area contributed by atoms with Gasteiger partial charge in [0.2, 0.25) is 0 Å². The maximum atomic E-state index is 12.4. The lowest BCUT2D eigenvalue weighted by Gasteiger charge is -2.25. The monoisotopic (exact) mass is 280 g/mol. The molecule has 1 saturated heterocycles. The lowest BCUT2D eigenvalue weighted by atomic mass is 10.2. The van der Waals surface area contributed by atoms with Crippen molar-refractivity contribution in [3.63, 3.8) is 0 Å². The highest BCUT2D eigenvalue weighted by Gasteiger charge is 2.23. The zero-order valence-corrected chi connectivity index (χ0v) is 11.6. The van der Waals surface area contributed by atoms with E-state index in [1.54, 1.807) is 4.90 Å². The second-order valence-corrected chi connectivity index (χ2v) is 5.03. The molecule has 3 N–H and O–H groups in total. The smallest absolute Gasteiger partial charge is 0.325 e. The van der Waals surface area contributed by atoms with Gasteiger partial charge in [-0.1, -0.05) is 6.92 Å². The standard InChI is InChI=1S/C13H20N4O3/c1-2-6-17(8-9-4-3-5-14-9)12(19)10-7-15-13(20)16-11(10)18/h7,9,14H,2-6,8H2,1H3,(H2,15,16,18,20). The number of rotatable bonds is 5. The van der Waals surface area contributed by atoms with Gasteiger partial charge >= 0.3 is 5.69 Å². The van der Waals surface area contributed by atoms with E-state index in [1.165, 1.54) is 6.20 Å². The van der Waals surface area contributed by atoms with E-state index in [2.05, 4.69) is 15.3 Å². The number of aromatic nitrogens is 2. The van der Waals surface area contributed by atoms with Gasteiger partial charge in [0.05, 0.1) is 0 Å². The lowest BCUT2D eigenvalue weighted by Crippen LogP contribution is -2.43. The van der Waals surface area contributed by atoms with Gasteiger partial charge in [0.1, 0.15) is 5.56 Å². The zero-order chi connectivity index (χ0) is 14.5. The Bertz CT molecular complexity index is 571. The van der Waals surface area contributed by atoms with Crippen LogP contribution in [0.1, 0.15) is 36.5 Å². The Hall–Kier alpha value is -1.89. The molecule has 1 atom stereocenters. The number of H-pyrrole nitrogens is 2. The molecule has 0 aliphatic carbocycles. The molecule has 2 rings (SSSR count). The Morgan fingerprint density at radius 3 is 2.85 bits per heavy atom. The lowest BCUT2D eigenvalue weighted by molar-refractivity contribution is 0.0739. The van der Waals surface area contributed by atoms with Gasteiger partial charge in [0.25, 0.3) is 11.5 Å². The van der Waals surface area contributed by atoms with Crippen LogP contribution < -0.4 is 16.6 Å². The van der Waals surface area contributed by atoms with Crippen LogP contribution in [0.2, 0.25) is 0 Å². The number of carbonyl (C=O) groups is 1. The third kappa shape index (κ3) is 3.36. The minimum atomic E-state index is -0.640. The Labute approximate surface area is 116 Å². The molecular formula is C13H20N4O3. The summed E-state index contributed by atoms with van der Waals surface area (Å²) in [6, 6.07) is 0.285. The van der Waals surface area contributed by atoms with E-state index < -0.39 is 11.2 Å². The molecule has 2 heterocycles. The molecule has 7 nitrogen and oxygen atoms in total. The highest BCUT2D eigenvalue weighted by atomic mass is 16.2. The molecule has 0 spiro atoms. The van der Waals surface area contributed by atoms with E-state index in [-0.39, 0.29) is 17.5 Å². The van der Waals surface area contributed by atoms with Gasteiger partial charge in [0.15, 0.2) is 0 Å². The molecule has 0 aromatic carbocycles. The molecule has 1 fully saturated rings. The molecule has 1 aromatic rings. The van der Waals surface area contributed by atoms with Crippen molar-refractivity contribution in [2.24, 2.45) is 0 Å². The zero-order valence-electron chi connectivity index (χ0n) is 11.6. The van der Waals surface area contributed by atoms with Crippen molar-refractivity contribution in [1.29, 1.82) is 0 Å². The van der Waals surface area contributed by atoms with E-state index >= 15 is 0 Å². The summed E-state index contributed by atoms with van der Waals surface area (Å²) in [4.78, 5) is 41.2. The van der Waals surface area contributed by atoms with Gasteiger partial charge in [-0.15, -0.1) is 0 Å². The van der Waals surface area contributed by atoms with Gasteiger partial charge in [0, 0.05) is 25.3 Å². The molecule has 110 valence electrons. The summed E-state index contributed by atoms with van der Waals surface area (Å²) < 4.78 is 0. The van der Waals surface area contributed by atoms with Crippen molar-refractivity contribution in [2.75, 3.05) is 19.6 Å². The van der Waals surface area contributed by atoms with Crippen molar-refractivity contribution >= 4 is 5.91 Å². The van der Waals surface area contributed by atoms with E-state index in [1.807, 2.05) is 6.92 Å². The van der Waals surface area contributed by atoms with E-state index in [0.29, 0.717) is 13.1 Å². The first-order valence-corrected chi connectivity index (χ1v) is 6.96. The quantitative estimate of drug-likeness (QED) is 0.687. The third-order valence-corrected chi connectivity index (χ3v) is 3.43. The first-order valence-electron chi connectivity index (χ1n) is 6.96. The van der Waals surface area contributed by atoms with Crippen molar-refractivity contribution in [3.05, 3.63) is 32.6 Å². The summed E-state index contributed by atoms with van der Waals surface area (Å²) in [5.41, 5.74) is -1.26. The van der Waals surface area contributed by atoms with Crippen LogP contribution in [0.4, 0.5) is 0 Å². The third-order valence-electron chi connectivity index (χ3n) is 3.43. The maximum Gasteiger partial charge on any atom is 0.325 e. The molecule has 1 amide bonds. The fourth-order valence-corrected chi connectivity index (χ4v) is 2.46. The van der Waals surface area contributed by atoms with Crippen LogP contribution in [0.3, 0.4) is 0 Å². The first kappa shape index (κ1) is 14.5. The van der Waals surface area contributed by atoms with Crippen LogP contribution >= 0.6 is 0 Å². The Kier molecular flexibility index (Phi) is 4.73. The van der Waals surface area contributed by atoms with Crippen molar-refractivity contribution in [1.82, 2.24) is 20.2 Å². The molecule has 1 unspecified atom stereocenters. The second kappa shape index (κ2) is 6.51. The molecule has 7 heteroatoms. The number of nitrogens with zero attached hydrogens (tertiary/aromatic N) is 1. The molecule has 20 heavy (non-hydrogen) atoms. The first-order chi connectivity index (χ1) is 9.61. The minimum Gasteiger partial charge on any atom is -0.337 e. The predicted molar refractivity (Wildman–Crippen MR) is 74.9 cm³/mol. The largest absolute Gasteiger partial charge is 0.337 e.